The van der Waals surface area contributed by atoms with Crippen LogP contribution in [0.1, 0.15) is 13.8 Å². The zero-order valence-electron chi connectivity index (χ0n) is 17.1. The Labute approximate surface area is 174 Å². The number of anilines is 1. The second kappa shape index (κ2) is 9.75. The monoisotopic (exact) mass is 442 g/mol. The molecule has 30 heavy (non-hydrogen) atoms. The Morgan fingerprint density at radius 3 is 2.20 bits per heavy atom. The molecule has 0 heterocycles. The number of hydrogen-bond acceptors (Lipinski definition) is 5. The van der Waals surface area contributed by atoms with Crippen molar-refractivity contribution in [3.63, 3.8) is 0 Å². The minimum atomic E-state index is -3.95. The molecule has 2 atom stereocenters. The fourth-order valence-corrected chi connectivity index (χ4v) is 3.90. The van der Waals surface area contributed by atoms with Gasteiger partial charge < -0.3 is 14.8 Å². The van der Waals surface area contributed by atoms with Gasteiger partial charge in [0.1, 0.15) is 24.1 Å². The number of nitrogens with zero attached hydrogens (tertiary/aromatic N) is 1. The second-order valence-electron chi connectivity index (χ2n) is 6.73. The van der Waals surface area contributed by atoms with E-state index in [0.717, 1.165) is 28.8 Å². The van der Waals surface area contributed by atoms with Crippen LogP contribution in [0, 0.1) is 11.6 Å². The summed E-state index contributed by atoms with van der Waals surface area (Å²) in [6.45, 7) is 3.18. The smallest absolute Gasteiger partial charge is 0.243 e. The molecule has 0 radical (unpaired) electrons. The Balaban J connectivity index is 2.05. The van der Waals surface area contributed by atoms with Crippen LogP contribution in [0.15, 0.2) is 42.5 Å². The van der Waals surface area contributed by atoms with Crippen molar-refractivity contribution in [1.29, 1.82) is 0 Å². The lowest BCUT2D eigenvalue weighted by molar-refractivity contribution is -0.122. The van der Waals surface area contributed by atoms with E-state index >= 15 is 0 Å². The molecule has 7 nitrogen and oxygen atoms in total. The van der Waals surface area contributed by atoms with E-state index in [-0.39, 0.29) is 12.3 Å². The maximum Gasteiger partial charge on any atom is 0.243 e. The van der Waals surface area contributed by atoms with Gasteiger partial charge in [0.2, 0.25) is 15.9 Å². The first-order chi connectivity index (χ1) is 14.0. The largest absolute Gasteiger partial charge is 0.497 e. The molecule has 0 aliphatic heterocycles. The second-order valence-corrected chi connectivity index (χ2v) is 8.59. The van der Waals surface area contributed by atoms with E-state index in [9.17, 15) is 22.0 Å². The number of carbonyl (C=O) groups is 1. The number of benzene rings is 2. The van der Waals surface area contributed by atoms with Crippen molar-refractivity contribution in [2.24, 2.45) is 0 Å². The Kier molecular flexibility index (Phi) is 7.60. The standard InChI is InChI=1S/C20H24F2N2O5S/c1-13(12-29-17-8-6-16(28-3)7-9-17)23-20(25)14(2)24(30(4,26)27)15-5-10-18(21)19(22)11-15/h5-11,13-14H,12H2,1-4H3,(H,23,25)/t13-,14+/m0/s1. The summed E-state index contributed by atoms with van der Waals surface area (Å²) >= 11 is 0. The van der Waals surface area contributed by atoms with E-state index in [2.05, 4.69) is 5.32 Å². The zero-order valence-corrected chi connectivity index (χ0v) is 17.9. The summed E-state index contributed by atoms with van der Waals surface area (Å²) in [7, 11) is -2.40. The van der Waals surface area contributed by atoms with Gasteiger partial charge in [0.25, 0.3) is 0 Å². The SMILES string of the molecule is COc1ccc(OC[C@H](C)NC(=O)[C@@H](C)N(c2ccc(F)c(F)c2)S(C)(=O)=O)cc1. The van der Waals surface area contributed by atoms with Crippen molar-refractivity contribution in [3.8, 4) is 11.5 Å². The first kappa shape index (κ1) is 23.4. The average Bonchev–Trinajstić information content (AvgIpc) is 2.68. The van der Waals surface area contributed by atoms with Crippen LogP contribution in [0.2, 0.25) is 0 Å². The lowest BCUT2D eigenvalue weighted by atomic mass is 10.2. The van der Waals surface area contributed by atoms with Crippen molar-refractivity contribution in [1.82, 2.24) is 5.32 Å². The van der Waals surface area contributed by atoms with Crippen molar-refractivity contribution in [3.05, 3.63) is 54.1 Å². The van der Waals surface area contributed by atoms with E-state index < -0.39 is 39.6 Å². The molecule has 164 valence electrons. The van der Waals surface area contributed by atoms with Crippen molar-refractivity contribution >= 4 is 21.6 Å². The van der Waals surface area contributed by atoms with Gasteiger partial charge in [-0.2, -0.15) is 0 Å². The van der Waals surface area contributed by atoms with Gasteiger partial charge in [-0.1, -0.05) is 0 Å². The highest BCUT2D eigenvalue weighted by Gasteiger charge is 2.30. The Hall–Kier alpha value is -2.88. The highest BCUT2D eigenvalue weighted by atomic mass is 32.2. The molecular formula is C20H24F2N2O5S. The number of sulfonamides is 1. The molecule has 1 amide bonds. The Morgan fingerprint density at radius 2 is 1.67 bits per heavy atom. The van der Waals surface area contributed by atoms with Gasteiger partial charge in [-0.05, 0) is 50.2 Å². The lowest BCUT2D eigenvalue weighted by Crippen LogP contribution is -2.50. The maximum absolute atomic E-state index is 13.6. The number of rotatable bonds is 9. The summed E-state index contributed by atoms with van der Waals surface area (Å²) in [5.74, 6) is -1.69. The number of methoxy groups -OCH3 is 1. The molecule has 10 heteroatoms. The van der Waals surface area contributed by atoms with Crippen molar-refractivity contribution in [2.45, 2.75) is 25.9 Å². The van der Waals surface area contributed by atoms with E-state index in [1.165, 1.54) is 6.92 Å². The molecule has 0 unspecified atom stereocenters. The van der Waals surface area contributed by atoms with Crippen LogP contribution < -0.4 is 19.1 Å². The third-order valence-electron chi connectivity index (χ3n) is 4.19. The number of hydrogen-bond donors (Lipinski definition) is 1. The van der Waals surface area contributed by atoms with Gasteiger partial charge in [-0.25, -0.2) is 17.2 Å². The highest BCUT2D eigenvalue weighted by molar-refractivity contribution is 7.92. The van der Waals surface area contributed by atoms with E-state index in [0.29, 0.717) is 11.5 Å². The quantitative estimate of drug-likeness (QED) is 0.646. The summed E-state index contributed by atoms with van der Waals surface area (Å²) in [6, 6.07) is 7.87. The fourth-order valence-electron chi connectivity index (χ4n) is 2.73. The van der Waals surface area contributed by atoms with E-state index in [1.54, 1.807) is 38.3 Å². The molecule has 0 saturated carbocycles. The molecular weight excluding hydrogens is 418 g/mol. The number of nitrogens with one attached hydrogen (secondary N) is 1. The maximum atomic E-state index is 13.6. The van der Waals surface area contributed by atoms with Crippen LogP contribution >= 0.6 is 0 Å². The van der Waals surface area contributed by atoms with Gasteiger partial charge in [-0.15, -0.1) is 0 Å². The zero-order chi connectivity index (χ0) is 22.5. The summed E-state index contributed by atoms with van der Waals surface area (Å²) < 4.78 is 62.6. The van der Waals surface area contributed by atoms with E-state index in [1.807, 2.05) is 0 Å². The van der Waals surface area contributed by atoms with Gasteiger partial charge in [-0.3, -0.25) is 9.10 Å². The third-order valence-corrected chi connectivity index (χ3v) is 5.44. The van der Waals surface area contributed by atoms with Gasteiger partial charge in [0.15, 0.2) is 11.6 Å². The first-order valence-electron chi connectivity index (χ1n) is 9.04. The van der Waals surface area contributed by atoms with Gasteiger partial charge in [0, 0.05) is 6.07 Å². The normalized spacial score (nSPS) is 13.3. The molecule has 0 aromatic heterocycles. The fraction of sp³-hybridized carbons (Fsp3) is 0.350. The molecule has 0 aliphatic carbocycles. The van der Waals surface area contributed by atoms with Crippen LogP contribution in [0.4, 0.5) is 14.5 Å². The Morgan fingerprint density at radius 1 is 1.07 bits per heavy atom. The third kappa shape index (κ3) is 6.06. The molecule has 2 aromatic carbocycles. The summed E-state index contributed by atoms with van der Waals surface area (Å²) in [6.07, 6.45) is 0.883. The highest BCUT2D eigenvalue weighted by Crippen LogP contribution is 2.23. The minimum absolute atomic E-state index is 0.134. The molecule has 0 saturated heterocycles. The minimum Gasteiger partial charge on any atom is -0.497 e. The van der Waals surface area contributed by atoms with Crippen LogP contribution in [-0.4, -0.2) is 46.4 Å². The van der Waals surface area contributed by atoms with Gasteiger partial charge >= 0.3 is 0 Å². The lowest BCUT2D eigenvalue weighted by Gasteiger charge is -2.29. The summed E-state index contributed by atoms with van der Waals surface area (Å²) in [4.78, 5) is 12.6. The molecule has 1 N–H and O–H groups in total. The molecule has 2 aromatic rings. The molecule has 0 bridgehead atoms. The molecule has 0 aliphatic rings. The van der Waals surface area contributed by atoms with E-state index in [4.69, 9.17) is 9.47 Å². The molecule has 0 spiro atoms. The summed E-state index contributed by atoms with van der Waals surface area (Å²) in [5, 5.41) is 2.66. The summed E-state index contributed by atoms with van der Waals surface area (Å²) in [5.41, 5.74) is -0.152. The van der Waals surface area contributed by atoms with Crippen LogP contribution in [0.25, 0.3) is 0 Å². The number of ether oxygens (including phenoxy) is 2. The number of halogens is 2. The number of amides is 1. The van der Waals surface area contributed by atoms with Gasteiger partial charge in [0.05, 0.1) is 25.1 Å². The topological polar surface area (TPSA) is 84.9 Å². The first-order valence-corrected chi connectivity index (χ1v) is 10.9. The van der Waals surface area contributed by atoms with Crippen LogP contribution in [-0.2, 0) is 14.8 Å². The molecule has 0 fully saturated rings. The predicted molar refractivity (Wildman–Crippen MR) is 109 cm³/mol. The number of carbonyl (C=O) groups excluding carboxylic acids is 1. The van der Waals surface area contributed by atoms with Crippen LogP contribution in [0.3, 0.4) is 0 Å². The molecule has 2 rings (SSSR count). The average molecular weight is 442 g/mol. The Bertz CT molecular complexity index is 983. The van der Waals surface area contributed by atoms with Crippen LogP contribution in [0.5, 0.6) is 11.5 Å². The predicted octanol–water partition coefficient (Wildman–Crippen LogP) is 2.71. The van der Waals surface area contributed by atoms with Crippen molar-refractivity contribution in [2.75, 3.05) is 24.3 Å². The van der Waals surface area contributed by atoms with Crippen molar-refractivity contribution < 1.29 is 31.5 Å².